The first-order valence-corrected chi connectivity index (χ1v) is 5.92. The Morgan fingerprint density at radius 1 is 1.10 bits per heavy atom. The van der Waals surface area contributed by atoms with Crippen LogP contribution < -0.4 is 5.32 Å². The number of tetrazole rings is 1. The second-order valence-corrected chi connectivity index (χ2v) is 4.35. The molecule has 0 saturated heterocycles. The Labute approximate surface area is 115 Å². The lowest BCUT2D eigenvalue weighted by Crippen LogP contribution is -2.00. The number of hydrogen-bond acceptors (Lipinski definition) is 8. The maximum atomic E-state index is 5.85. The number of halogens is 1. The van der Waals surface area contributed by atoms with Crippen molar-refractivity contribution in [1.82, 2.24) is 35.3 Å². The van der Waals surface area contributed by atoms with Gasteiger partial charge in [-0.15, -0.1) is 5.10 Å². The topological polar surface area (TPSA) is 107 Å². The van der Waals surface area contributed by atoms with Crippen LogP contribution in [0, 0.1) is 0 Å². The fourth-order valence-electron chi connectivity index (χ4n) is 1.77. The Hall–Kier alpha value is -2.81. The van der Waals surface area contributed by atoms with Crippen molar-refractivity contribution in [2.24, 2.45) is 0 Å². The Morgan fingerprint density at radius 2 is 1.95 bits per heavy atom. The van der Waals surface area contributed by atoms with Gasteiger partial charge in [0.05, 0.1) is 0 Å². The highest BCUT2D eigenvalue weighted by atomic mass is 35.5. The van der Waals surface area contributed by atoms with Gasteiger partial charge < -0.3 is 5.32 Å². The third-order valence-corrected chi connectivity index (χ3v) is 2.91. The quantitative estimate of drug-likeness (QED) is 0.590. The molecule has 1 aromatic carbocycles. The average Bonchev–Trinajstić information content (AvgIpc) is 3.08. The summed E-state index contributed by atoms with van der Waals surface area (Å²) in [6.07, 6.45) is 0. The van der Waals surface area contributed by atoms with Crippen LogP contribution in [0.15, 0.2) is 28.9 Å². The van der Waals surface area contributed by atoms with Crippen LogP contribution in [0.25, 0.3) is 16.9 Å². The van der Waals surface area contributed by atoms with Gasteiger partial charge in [0.2, 0.25) is 16.9 Å². The standard InChI is InChI=1S/C10H5ClN8O/c11-5-1-3-6(4-2-5)12-7-9-14-17-18-19(9)10-8(13-7)15-20-16-10/h1-4H,(H,12,13,15). The minimum absolute atomic E-state index is 0.307. The molecule has 4 rings (SSSR count). The Kier molecular flexibility index (Phi) is 2.27. The van der Waals surface area contributed by atoms with Crippen molar-refractivity contribution in [3.63, 3.8) is 0 Å². The van der Waals surface area contributed by atoms with E-state index in [1.165, 1.54) is 4.52 Å². The molecule has 20 heavy (non-hydrogen) atoms. The van der Waals surface area contributed by atoms with Gasteiger partial charge >= 0.3 is 0 Å². The molecule has 0 unspecified atom stereocenters. The van der Waals surface area contributed by atoms with Crippen molar-refractivity contribution >= 4 is 40.0 Å². The summed E-state index contributed by atoms with van der Waals surface area (Å²) in [6.45, 7) is 0. The smallest absolute Gasteiger partial charge is 0.248 e. The molecule has 0 aliphatic heterocycles. The lowest BCUT2D eigenvalue weighted by atomic mass is 10.3. The molecule has 0 fully saturated rings. The van der Waals surface area contributed by atoms with E-state index in [1.807, 2.05) is 12.1 Å². The predicted octanol–water partition coefficient (Wildman–Crippen LogP) is 1.45. The van der Waals surface area contributed by atoms with Crippen LogP contribution in [0.2, 0.25) is 5.02 Å². The third kappa shape index (κ3) is 1.64. The lowest BCUT2D eigenvalue weighted by Gasteiger charge is -2.05. The average molecular weight is 289 g/mol. The van der Waals surface area contributed by atoms with Gasteiger partial charge in [0.15, 0.2) is 5.82 Å². The molecular weight excluding hydrogens is 284 g/mol. The Balaban J connectivity index is 1.88. The van der Waals surface area contributed by atoms with Crippen molar-refractivity contribution in [3.05, 3.63) is 29.3 Å². The van der Waals surface area contributed by atoms with Crippen molar-refractivity contribution in [1.29, 1.82) is 0 Å². The normalized spacial score (nSPS) is 11.2. The van der Waals surface area contributed by atoms with Crippen LogP contribution in [0.5, 0.6) is 0 Å². The number of benzene rings is 1. The third-order valence-electron chi connectivity index (χ3n) is 2.66. The fourth-order valence-corrected chi connectivity index (χ4v) is 1.90. The van der Waals surface area contributed by atoms with Gasteiger partial charge in [0.1, 0.15) is 0 Å². The minimum Gasteiger partial charge on any atom is -0.337 e. The van der Waals surface area contributed by atoms with Crippen molar-refractivity contribution < 1.29 is 4.63 Å². The molecule has 9 nitrogen and oxygen atoms in total. The first-order valence-electron chi connectivity index (χ1n) is 5.54. The highest BCUT2D eigenvalue weighted by molar-refractivity contribution is 6.30. The van der Waals surface area contributed by atoms with Crippen LogP contribution in [-0.2, 0) is 0 Å². The van der Waals surface area contributed by atoms with E-state index in [0.29, 0.717) is 27.8 Å². The summed E-state index contributed by atoms with van der Waals surface area (Å²) in [7, 11) is 0. The van der Waals surface area contributed by atoms with Gasteiger partial charge in [-0.1, -0.05) is 11.6 Å². The van der Waals surface area contributed by atoms with Crippen LogP contribution in [0.1, 0.15) is 0 Å². The molecule has 4 aromatic rings. The summed E-state index contributed by atoms with van der Waals surface area (Å²) in [6, 6.07) is 7.16. The Bertz CT molecular complexity index is 899. The molecule has 98 valence electrons. The number of rotatable bonds is 2. The summed E-state index contributed by atoms with van der Waals surface area (Å²) >= 11 is 5.85. The van der Waals surface area contributed by atoms with E-state index < -0.39 is 0 Å². The molecule has 10 heteroatoms. The van der Waals surface area contributed by atoms with E-state index in [4.69, 9.17) is 11.6 Å². The summed E-state index contributed by atoms with van der Waals surface area (Å²) in [4.78, 5) is 4.28. The molecule has 0 bridgehead atoms. The summed E-state index contributed by atoms with van der Waals surface area (Å²) in [5, 5.41) is 22.5. The largest absolute Gasteiger partial charge is 0.337 e. The van der Waals surface area contributed by atoms with Crippen LogP contribution in [0.4, 0.5) is 11.5 Å². The molecule has 0 aliphatic rings. The highest BCUT2D eigenvalue weighted by Gasteiger charge is 2.15. The molecule has 0 aliphatic carbocycles. The minimum atomic E-state index is 0.307. The molecular formula is C10H5ClN8O. The van der Waals surface area contributed by atoms with E-state index in [-0.39, 0.29) is 0 Å². The number of anilines is 2. The second kappa shape index (κ2) is 4.10. The molecule has 0 atom stereocenters. The zero-order valence-corrected chi connectivity index (χ0v) is 10.5. The maximum Gasteiger partial charge on any atom is 0.248 e. The predicted molar refractivity (Wildman–Crippen MR) is 68.7 cm³/mol. The van der Waals surface area contributed by atoms with E-state index in [0.717, 1.165) is 5.69 Å². The van der Waals surface area contributed by atoms with E-state index in [9.17, 15) is 0 Å². The fraction of sp³-hybridized carbons (Fsp3) is 0. The van der Waals surface area contributed by atoms with Gasteiger partial charge in [0, 0.05) is 10.7 Å². The van der Waals surface area contributed by atoms with Gasteiger partial charge in [-0.25, -0.2) is 9.61 Å². The zero-order valence-electron chi connectivity index (χ0n) is 9.73. The Morgan fingerprint density at radius 3 is 2.80 bits per heavy atom. The highest BCUT2D eigenvalue weighted by Crippen LogP contribution is 2.21. The van der Waals surface area contributed by atoms with Gasteiger partial charge in [-0.05, 0) is 45.0 Å². The molecule has 0 amide bonds. The zero-order chi connectivity index (χ0) is 13.5. The maximum absolute atomic E-state index is 5.85. The summed E-state index contributed by atoms with van der Waals surface area (Å²) in [5.41, 5.74) is 1.87. The van der Waals surface area contributed by atoms with Crippen molar-refractivity contribution in [3.8, 4) is 0 Å². The monoisotopic (exact) mass is 288 g/mol. The number of aromatic nitrogens is 7. The molecule has 3 heterocycles. The van der Waals surface area contributed by atoms with Crippen LogP contribution >= 0.6 is 11.6 Å². The van der Waals surface area contributed by atoms with E-state index in [2.05, 4.69) is 40.8 Å². The molecule has 3 aromatic heterocycles. The number of fused-ring (bicyclic) bond motifs is 3. The van der Waals surface area contributed by atoms with Gasteiger partial charge in [-0.3, -0.25) is 0 Å². The van der Waals surface area contributed by atoms with Crippen LogP contribution in [-0.4, -0.2) is 35.3 Å². The number of nitrogens with one attached hydrogen (secondary N) is 1. The number of nitrogens with zero attached hydrogens (tertiary/aromatic N) is 7. The van der Waals surface area contributed by atoms with Crippen molar-refractivity contribution in [2.75, 3.05) is 5.32 Å². The first kappa shape index (κ1) is 11.1. The van der Waals surface area contributed by atoms with E-state index in [1.54, 1.807) is 12.1 Å². The number of hydrogen-bond donors (Lipinski definition) is 1. The van der Waals surface area contributed by atoms with Crippen molar-refractivity contribution in [2.45, 2.75) is 0 Å². The van der Waals surface area contributed by atoms with Gasteiger partial charge in [-0.2, -0.15) is 4.52 Å². The molecule has 0 radical (unpaired) electrons. The SMILES string of the molecule is Clc1ccc(Nc2nc3nonc3n3nnnc23)cc1. The molecule has 0 saturated carbocycles. The van der Waals surface area contributed by atoms with E-state index >= 15 is 0 Å². The lowest BCUT2D eigenvalue weighted by molar-refractivity contribution is 0.313. The summed E-state index contributed by atoms with van der Waals surface area (Å²) in [5.74, 6) is 0.445. The van der Waals surface area contributed by atoms with Crippen LogP contribution in [0.3, 0.4) is 0 Å². The van der Waals surface area contributed by atoms with Gasteiger partial charge in [0.25, 0.3) is 0 Å². The molecule has 1 N–H and O–H groups in total. The summed E-state index contributed by atoms with van der Waals surface area (Å²) < 4.78 is 6.04. The molecule has 0 spiro atoms. The first-order chi connectivity index (χ1) is 9.81. The second-order valence-electron chi connectivity index (χ2n) is 3.92.